The highest BCUT2D eigenvalue weighted by Gasteiger charge is 2.06. The minimum Gasteiger partial charge on any atom is -0.465 e. The number of esters is 1. The van der Waals surface area contributed by atoms with Crippen LogP contribution in [0.25, 0.3) is 0 Å². The molecule has 4 nitrogen and oxygen atoms in total. The van der Waals surface area contributed by atoms with Gasteiger partial charge in [-0.25, -0.2) is 9.18 Å². The summed E-state index contributed by atoms with van der Waals surface area (Å²) in [7, 11) is 3.82. The SMILES string of the molecule is C/C=C(CO/N=C(\C)c1ccc(C(=O)OC)cc1)\C(P)=C/CF. The van der Waals surface area contributed by atoms with E-state index in [0.29, 0.717) is 11.3 Å². The van der Waals surface area contributed by atoms with Gasteiger partial charge in [-0.1, -0.05) is 23.4 Å². The highest BCUT2D eigenvalue weighted by Crippen LogP contribution is 2.18. The Bertz CT molecular complexity index is 621. The van der Waals surface area contributed by atoms with E-state index < -0.39 is 6.67 Å². The van der Waals surface area contributed by atoms with E-state index >= 15 is 0 Å². The zero-order chi connectivity index (χ0) is 17.2. The topological polar surface area (TPSA) is 47.9 Å². The molecule has 0 aliphatic rings. The van der Waals surface area contributed by atoms with Gasteiger partial charge < -0.3 is 9.57 Å². The minimum absolute atomic E-state index is 0.253. The summed E-state index contributed by atoms with van der Waals surface area (Å²) < 4.78 is 17.0. The molecule has 0 radical (unpaired) electrons. The summed E-state index contributed by atoms with van der Waals surface area (Å²) in [5.41, 5.74) is 2.84. The lowest BCUT2D eigenvalue weighted by Crippen LogP contribution is -2.03. The third kappa shape index (κ3) is 5.95. The third-order valence-corrected chi connectivity index (χ3v) is 3.77. The second-order valence-electron chi connectivity index (χ2n) is 4.65. The van der Waals surface area contributed by atoms with Gasteiger partial charge in [-0.2, -0.15) is 0 Å². The van der Waals surface area contributed by atoms with E-state index in [1.165, 1.54) is 13.2 Å². The lowest BCUT2D eigenvalue weighted by molar-refractivity contribution is 0.0600. The third-order valence-electron chi connectivity index (χ3n) is 3.16. The number of oxime groups is 1. The number of hydrogen-bond donors (Lipinski definition) is 0. The van der Waals surface area contributed by atoms with Crippen LogP contribution in [0.2, 0.25) is 0 Å². The van der Waals surface area contributed by atoms with Crippen LogP contribution in [0, 0.1) is 0 Å². The van der Waals surface area contributed by atoms with E-state index in [-0.39, 0.29) is 12.6 Å². The fourth-order valence-electron chi connectivity index (χ4n) is 1.76. The highest BCUT2D eigenvalue weighted by atomic mass is 31.0. The standard InChI is InChI=1S/C17H21FNO3P/c1-4-13(16(23)9-10-18)11-22-19-12(2)14-5-7-15(8-6-14)17(20)21-3/h4-9H,10-11,23H2,1-3H3/b13-4-,16-9+,19-12+. The first kappa shape index (κ1) is 19.0. The highest BCUT2D eigenvalue weighted by molar-refractivity contribution is 7.23. The maximum Gasteiger partial charge on any atom is 0.337 e. The fraction of sp³-hybridized carbons (Fsp3) is 0.294. The molecule has 6 heteroatoms. The smallest absolute Gasteiger partial charge is 0.337 e. The molecule has 0 aromatic heterocycles. The Morgan fingerprint density at radius 1 is 1.30 bits per heavy atom. The number of nitrogens with zero attached hydrogens (tertiary/aromatic N) is 1. The van der Waals surface area contributed by atoms with E-state index in [2.05, 4.69) is 19.1 Å². The van der Waals surface area contributed by atoms with Gasteiger partial charge in [-0.15, -0.1) is 9.24 Å². The van der Waals surface area contributed by atoms with Crippen molar-refractivity contribution in [2.45, 2.75) is 13.8 Å². The zero-order valence-electron chi connectivity index (χ0n) is 13.5. The Morgan fingerprint density at radius 2 is 1.91 bits per heavy atom. The molecule has 1 aromatic rings. The summed E-state index contributed by atoms with van der Waals surface area (Å²) >= 11 is 0. The molecule has 1 unspecified atom stereocenters. The molecule has 0 heterocycles. The van der Waals surface area contributed by atoms with Crippen LogP contribution in [-0.2, 0) is 9.57 Å². The predicted octanol–water partition coefficient (Wildman–Crippen LogP) is 3.89. The van der Waals surface area contributed by atoms with E-state index in [1.54, 1.807) is 24.3 Å². The molecule has 0 amide bonds. The Hall–Kier alpha value is -2.00. The van der Waals surface area contributed by atoms with Crippen molar-refractivity contribution in [3.8, 4) is 0 Å². The van der Waals surface area contributed by atoms with Crippen molar-refractivity contribution in [3.63, 3.8) is 0 Å². The lowest BCUT2D eigenvalue weighted by atomic mass is 10.1. The molecule has 1 rings (SSSR count). The number of benzene rings is 1. The first-order valence-corrected chi connectivity index (χ1v) is 7.63. The van der Waals surface area contributed by atoms with Crippen molar-refractivity contribution in [1.82, 2.24) is 0 Å². The van der Waals surface area contributed by atoms with Gasteiger partial charge in [0.25, 0.3) is 0 Å². The number of carbonyl (C=O) groups excluding carboxylic acids is 1. The molecule has 0 saturated heterocycles. The summed E-state index contributed by atoms with van der Waals surface area (Å²) in [6.07, 6.45) is 3.32. The average Bonchev–Trinajstić information content (AvgIpc) is 2.58. The second kappa shape index (κ2) is 9.90. The van der Waals surface area contributed by atoms with Crippen molar-refractivity contribution in [2.75, 3.05) is 20.4 Å². The summed E-state index contributed by atoms with van der Waals surface area (Å²) in [4.78, 5) is 16.7. The van der Waals surface area contributed by atoms with Gasteiger partial charge in [0, 0.05) is 0 Å². The molecule has 1 atom stereocenters. The molecule has 0 fully saturated rings. The molecule has 0 spiro atoms. The van der Waals surface area contributed by atoms with Crippen LogP contribution in [0.5, 0.6) is 0 Å². The molecule has 0 bridgehead atoms. The molecule has 0 aliphatic heterocycles. The predicted molar refractivity (Wildman–Crippen MR) is 93.5 cm³/mol. The number of hydrogen-bond acceptors (Lipinski definition) is 4. The lowest BCUT2D eigenvalue weighted by Gasteiger charge is -2.07. The average molecular weight is 337 g/mol. The molecular formula is C17H21FNO3P. The quantitative estimate of drug-likeness (QED) is 0.249. The van der Waals surface area contributed by atoms with Gasteiger partial charge >= 0.3 is 5.97 Å². The number of allylic oxidation sites excluding steroid dienone is 2. The normalized spacial score (nSPS) is 13.0. The van der Waals surface area contributed by atoms with E-state index in [9.17, 15) is 9.18 Å². The van der Waals surface area contributed by atoms with Gasteiger partial charge in [0.15, 0.2) is 0 Å². The summed E-state index contributed by atoms with van der Waals surface area (Å²) in [6, 6.07) is 6.88. The number of ether oxygens (including phenoxy) is 1. The minimum atomic E-state index is -0.523. The Labute approximate surface area is 138 Å². The fourth-order valence-corrected chi connectivity index (χ4v) is 2.10. The maximum atomic E-state index is 12.3. The van der Waals surface area contributed by atoms with Crippen LogP contribution in [0.3, 0.4) is 0 Å². The van der Waals surface area contributed by atoms with Crippen LogP contribution in [0.15, 0.2) is 52.5 Å². The van der Waals surface area contributed by atoms with Crippen LogP contribution >= 0.6 is 9.24 Å². The van der Waals surface area contributed by atoms with Crippen molar-refractivity contribution >= 4 is 20.9 Å². The number of rotatable bonds is 7. The van der Waals surface area contributed by atoms with Gasteiger partial charge in [0.05, 0.1) is 18.4 Å². The summed E-state index contributed by atoms with van der Waals surface area (Å²) in [6.45, 7) is 3.40. The molecule has 0 N–H and O–H groups in total. The monoisotopic (exact) mass is 337 g/mol. The van der Waals surface area contributed by atoms with Crippen LogP contribution in [-0.4, -0.2) is 32.1 Å². The second-order valence-corrected chi connectivity index (χ2v) is 5.27. The zero-order valence-corrected chi connectivity index (χ0v) is 14.7. The molecular weight excluding hydrogens is 316 g/mol. The van der Waals surface area contributed by atoms with Crippen LogP contribution in [0.4, 0.5) is 4.39 Å². The number of halogens is 1. The Balaban J connectivity index is 2.70. The first-order valence-electron chi connectivity index (χ1n) is 7.06. The molecule has 1 aromatic carbocycles. The van der Waals surface area contributed by atoms with Gasteiger partial charge in [0.2, 0.25) is 0 Å². The molecule has 23 heavy (non-hydrogen) atoms. The van der Waals surface area contributed by atoms with Crippen molar-refractivity contribution < 1.29 is 18.8 Å². The van der Waals surface area contributed by atoms with Crippen molar-refractivity contribution in [2.24, 2.45) is 5.16 Å². The summed E-state index contributed by atoms with van der Waals surface area (Å²) in [5.74, 6) is -0.382. The van der Waals surface area contributed by atoms with Gasteiger partial charge in [-0.3, -0.25) is 0 Å². The summed E-state index contributed by atoms with van der Waals surface area (Å²) in [5, 5.41) is 4.80. The molecule has 0 saturated carbocycles. The van der Waals surface area contributed by atoms with Crippen LogP contribution < -0.4 is 0 Å². The van der Waals surface area contributed by atoms with Crippen LogP contribution in [0.1, 0.15) is 29.8 Å². The first-order chi connectivity index (χ1) is 11.0. The van der Waals surface area contributed by atoms with Crippen molar-refractivity contribution in [3.05, 3.63) is 58.4 Å². The Morgan fingerprint density at radius 3 is 2.43 bits per heavy atom. The largest absolute Gasteiger partial charge is 0.465 e. The van der Waals surface area contributed by atoms with Gasteiger partial charge in [0.1, 0.15) is 13.3 Å². The van der Waals surface area contributed by atoms with E-state index in [0.717, 1.165) is 16.5 Å². The maximum absolute atomic E-state index is 12.3. The molecule has 0 aliphatic carbocycles. The van der Waals surface area contributed by atoms with Gasteiger partial charge in [-0.05, 0) is 48.5 Å². The number of alkyl halides is 1. The van der Waals surface area contributed by atoms with E-state index in [1.807, 2.05) is 19.9 Å². The van der Waals surface area contributed by atoms with E-state index in [4.69, 9.17) is 4.84 Å². The number of carbonyl (C=O) groups is 1. The molecule has 124 valence electrons. The van der Waals surface area contributed by atoms with Crippen molar-refractivity contribution in [1.29, 1.82) is 0 Å². The number of methoxy groups -OCH3 is 1. The Kier molecular flexibility index (Phi) is 8.20.